The summed E-state index contributed by atoms with van der Waals surface area (Å²) in [5, 5.41) is 19.4. The molecule has 0 saturated heterocycles. The number of halogens is 2. The fourth-order valence-corrected chi connectivity index (χ4v) is 3.13. The van der Waals surface area contributed by atoms with Crippen LogP contribution in [0.15, 0.2) is 60.7 Å². The Morgan fingerprint density at radius 3 is 1.32 bits per heavy atom. The quantitative estimate of drug-likeness (QED) is 0.439. The van der Waals surface area contributed by atoms with Crippen LogP contribution in [0.2, 0.25) is 10.0 Å². The van der Waals surface area contributed by atoms with Crippen molar-refractivity contribution in [2.24, 2.45) is 0 Å². The van der Waals surface area contributed by atoms with Gasteiger partial charge in [-0.05, 0) is 34.4 Å². The average molecular weight is 401 g/mol. The van der Waals surface area contributed by atoms with Crippen molar-refractivity contribution in [3.63, 3.8) is 0 Å². The zero-order chi connectivity index (χ0) is 19.9. The molecule has 3 rings (SSSR count). The fourth-order valence-electron chi connectivity index (χ4n) is 2.69. The molecule has 0 amide bonds. The molecule has 0 saturated carbocycles. The average Bonchev–Trinajstić information content (AvgIpc) is 2.71. The Kier molecular flexibility index (Phi) is 6.30. The largest absolute Gasteiger partial charge is 0.192 e. The fraction of sp³-hybridized carbons (Fsp3) is 0. The molecule has 0 atom stereocenters. The van der Waals surface area contributed by atoms with E-state index in [1.807, 2.05) is 72.8 Å². The van der Waals surface area contributed by atoms with Crippen LogP contribution in [0.4, 0.5) is 0 Å². The summed E-state index contributed by atoms with van der Waals surface area (Å²) in [4.78, 5) is 0. The summed E-state index contributed by atoms with van der Waals surface area (Å²) in [6, 6.07) is 23.0. The highest BCUT2D eigenvalue weighted by atomic mass is 35.5. The molecule has 0 spiro atoms. The van der Waals surface area contributed by atoms with Crippen LogP contribution in [0, 0.1) is 22.7 Å². The molecule has 4 heteroatoms. The Hall–Kier alpha value is -3.30. The lowest BCUT2D eigenvalue weighted by molar-refractivity contribution is 1.47. The molecule has 2 nitrogen and oxygen atoms in total. The summed E-state index contributed by atoms with van der Waals surface area (Å²) in [6.07, 6.45) is 7.62. The van der Waals surface area contributed by atoms with Crippen molar-refractivity contribution in [3.05, 3.63) is 104 Å². The summed E-state index contributed by atoms with van der Waals surface area (Å²) in [7, 11) is 0. The molecule has 0 aromatic heterocycles. The summed E-state index contributed by atoms with van der Waals surface area (Å²) in [6.45, 7) is 0. The monoisotopic (exact) mass is 400 g/mol. The first-order valence-electron chi connectivity index (χ1n) is 8.46. The third kappa shape index (κ3) is 4.51. The maximum absolute atomic E-state index is 9.24. The van der Waals surface area contributed by atoms with E-state index < -0.39 is 0 Å². The van der Waals surface area contributed by atoms with E-state index in [0.717, 1.165) is 22.3 Å². The molecule has 0 bridgehead atoms. The number of nitriles is 2. The van der Waals surface area contributed by atoms with Crippen LogP contribution < -0.4 is 0 Å². The molecule has 28 heavy (non-hydrogen) atoms. The highest BCUT2D eigenvalue weighted by Gasteiger charge is 2.04. The second-order valence-corrected chi connectivity index (χ2v) is 6.78. The van der Waals surface area contributed by atoms with Crippen molar-refractivity contribution in [1.29, 1.82) is 10.5 Å². The Morgan fingerprint density at radius 2 is 0.964 bits per heavy atom. The van der Waals surface area contributed by atoms with Crippen molar-refractivity contribution >= 4 is 47.5 Å². The molecule has 134 valence electrons. The molecular weight excluding hydrogens is 387 g/mol. The number of nitrogens with zero attached hydrogens (tertiary/aromatic N) is 2. The van der Waals surface area contributed by atoms with Gasteiger partial charge in [-0.25, -0.2) is 0 Å². The predicted molar refractivity (Wildman–Crippen MR) is 117 cm³/mol. The van der Waals surface area contributed by atoms with E-state index in [1.54, 1.807) is 12.1 Å². The highest BCUT2D eigenvalue weighted by Crippen LogP contribution is 2.22. The second kappa shape index (κ2) is 9.07. The van der Waals surface area contributed by atoms with E-state index in [1.165, 1.54) is 0 Å². The van der Waals surface area contributed by atoms with Gasteiger partial charge in [0, 0.05) is 0 Å². The lowest BCUT2D eigenvalue weighted by Crippen LogP contribution is -1.83. The summed E-state index contributed by atoms with van der Waals surface area (Å²) < 4.78 is 0. The van der Waals surface area contributed by atoms with Gasteiger partial charge in [0.2, 0.25) is 0 Å². The molecule has 0 unspecified atom stereocenters. The molecule has 3 aromatic rings. The van der Waals surface area contributed by atoms with Gasteiger partial charge in [-0.3, -0.25) is 0 Å². The number of hydrogen-bond acceptors (Lipinski definition) is 2. The lowest BCUT2D eigenvalue weighted by atomic mass is 10.0. The number of hydrogen-bond donors (Lipinski definition) is 0. The SMILES string of the molecule is N#Cc1c(Cl)cccc1C=Cc1ccc(C=Cc2cccc(Cl)c2C#N)cc1. The first kappa shape index (κ1) is 19.5. The van der Waals surface area contributed by atoms with Gasteiger partial charge in [0.1, 0.15) is 12.1 Å². The van der Waals surface area contributed by atoms with Gasteiger partial charge in [-0.15, -0.1) is 0 Å². The van der Waals surface area contributed by atoms with Gasteiger partial charge in [0.05, 0.1) is 21.2 Å². The summed E-state index contributed by atoms with van der Waals surface area (Å²) in [5.74, 6) is 0. The molecule has 0 aliphatic carbocycles. The maximum atomic E-state index is 9.24. The van der Waals surface area contributed by atoms with Crippen molar-refractivity contribution in [3.8, 4) is 12.1 Å². The smallest absolute Gasteiger partial charge is 0.101 e. The van der Waals surface area contributed by atoms with Crippen LogP contribution in [0.1, 0.15) is 33.4 Å². The van der Waals surface area contributed by atoms with Crippen LogP contribution in [0.5, 0.6) is 0 Å². The second-order valence-electron chi connectivity index (χ2n) is 5.97. The van der Waals surface area contributed by atoms with Crippen LogP contribution in [0.25, 0.3) is 24.3 Å². The van der Waals surface area contributed by atoms with Crippen LogP contribution in [-0.2, 0) is 0 Å². The van der Waals surface area contributed by atoms with E-state index in [9.17, 15) is 10.5 Å². The minimum Gasteiger partial charge on any atom is -0.192 e. The minimum absolute atomic E-state index is 0.447. The molecule has 0 N–H and O–H groups in total. The molecule has 0 heterocycles. The molecule has 0 aliphatic rings. The van der Waals surface area contributed by atoms with Crippen molar-refractivity contribution in [2.75, 3.05) is 0 Å². The van der Waals surface area contributed by atoms with E-state index in [4.69, 9.17) is 23.2 Å². The third-order valence-electron chi connectivity index (χ3n) is 4.16. The summed E-state index contributed by atoms with van der Waals surface area (Å²) >= 11 is 12.1. The van der Waals surface area contributed by atoms with E-state index >= 15 is 0 Å². The zero-order valence-corrected chi connectivity index (χ0v) is 16.2. The molecule has 3 aromatic carbocycles. The topological polar surface area (TPSA) is 47.6 Å². The van der Waals surface area contributed by atoms with Crippen molar-refractivity contribution in [2.45, 2.75) is 0 Å². The Bertz CT molecular complexity index is 1050. The van der Waals surface area contributed by atoms with Gasteiger partial charge in [-0.2, -0.15) is 10.5 Å². The first-order chi connectivity index (χ1) is 13.6. The molecular formula is C24H14Cl2N2. The van der Waals surface area contributed by atoms with Gasteiger partial charge in [-0.1, -0.05) is 96.0 Å². The third-order valence-corrected chi connectivity index (χ3v) is 4.79. The number of rotatable bonds is 4. The van der Waals surface area contributed by atoms with Gasteiger partial charge in [0.25, 0.3) is 0 Å². The molecule has 0 radical (unpaired) electrons. The van der Waals surface area contributed by atoms with E-state index in [-0.39, 0.29) is 0 Å². The van der Waals surface area contributed by atoms with Crippen LogP contribution in [-0.4, -0.2) is 0 Å². The van der Waals surface area contributed by atoms with Gasteiger partial charge in [0.15, 0.2) is 0 Å². The Morgan fingerprint density at radius 1 is 0.571 bits per heavy atom. The molecule has 0 fully saturated rings. The van der Waals surface area contributed by atoms with Crippen LogP contribution >= 0.6 is 23.2 Å². The Labute approximate surface area is 174 Å². The van der Waals surface area contributed by atoms with Gasteiger partial charge >= 0.3 is 0 Å². The minimum atomic E-state index is 0.447. The first-order valence-corrected chi connectivity index (χ1v) is 9.21. The Balaban J connectivity index is 1.78. The van der Waals surface area contributed by atoms with Crippen molar-refractivity contribution in [1.82, 2.24) is 0 Å². The van der Waals surface area contributed by atoms with E-state index in [2.05, 4.69) is 12.1 Å². The van der Waals surface area contributed by atoms with E-state index in [0.29, 0.717) is 21.2 Å². The summed E-state index contributed by atoms with van der Waals surface area (Å²) in [5.41, 5.74) is 4.50. The normalized spacial score (nSPS) is 10.9. The molecule has 0 aliphatic heterocycles. The zero-order valence-electron chi connectivity index (χ0n) is 14.7. The standard InChI is InChI=1S/C24H14Cl2N2/c25-23-5-1-3-19(21(23)15-27)13-11-17-7-9-18(10-8-17)12-14-20-4-2-6-24(26)22(20)16-28/h1-14H. The highest BCUT2D eigenvalue weighted by molar-refractivity contribution is 6.32. The lowest BCUT2D eigenvalue weighted by Gasteiger charge is -2.01. The van der Waals surface area contributed by atoms with Crippen molar-refractivity contribution < 1.29 is 0 Å². The predicted octanol–water partition coefficient (Wildman–Crippen LogP) is 7.08. The maximum Gasteiger partial charge on any atom is 0.101 e. The van der Waals surface area contributed by atoms with Gasteiger partial charge < -0.3 is 0 Å². The van der Waals surface area contributed by atoms with Crippen LogP contribution in [0.3, 0.4) is 0 Å². The number of benzene rings is 3.